The Balaban J connectivity index is 1.86. The van der Waals surface area contributed by atoms with E-state index in [1.54, 1.807) is 6.20 Å². The number of hydrogen-bond donors (Lipinski definition) is 1. The van der Waals surface area contributed by atoms with Gasteiger partial charge in [-0.25, -0.2) is 0 Å². The minimum atomic E-state index is 0.411. The summed E-state index contributed by atoms with van der Waals surface area (Å²) in [6.07, 6.45) is 1.72. The summed E-state index contributed by atoms with van der Waals surface area (Å²) in [5, 5.41) is 11.8. The van der Waals surface area contributed by atoms with E-state index in [0.717, 1.165) is 24.6 Å². The Bertz CT molecular complexity index is 877. The van der Waals surface area contributed by atoms with Crippen LogP contribution in [-0.2, 0) is 6.54 Å². The molecule has 0 spiro atoms. The Kier molecular flexibility index (Phi) is 6.01. The molecule has 0 bridgehead atoms. The molecule has 3 aromatic rings. The van der Waals surface area contributed by atoms with Crippen molar-refractivity contribution in [3.05, 3.63) is 71.4 Å². The number of anilines is 3. The second-order valence-corrected chi connectivity index (χ2v) is 6.96. The van der Waals surface area contributed by atoms with Gasteiger partial charge in [0.05, 0.1) is 6.20 Å². The number of benzene rings is 2. The summed E-state index contributed by atoms with van der Waals surface area (Å²) < 4.78 is 0. The molecule has 5 heteroatoms. The molecule has 0 atom stereocenters. The Morgan fingerprint density at radius 3 is 2.52 bits per heavy atom. The summed E-state index contributed by atoms with van der Waals surface area (Å²) in [7, 11) is 0. The van der Waals surface area contributed by atoms with Gasteiger partial charge in [-0.05, 0) is 36.5 Å². The third-order valence-electron chi connectivity index (χ3n) is 4.63. The number of aromatic nitrogens is 3. The number of aryl methyl sites for hydroxylation is 1. The molecule has 0 aliphatic carbocycles. The lowest BCUT2D eigenvalue weighted by Crippen LogP contribution is -2.23. The number of nitrogens with one attached hydrogen (secondary N) is 1. The first kappa shape index (κ1) is 18.8. The third kappa shape index (κ3) is 4.61. The number of nitrogens with zero attached hydrogens (tertiary/aromatic N) is 4. The Morgan fingerprint density at radius 1 is 1.04 bits per heavy atom. The van der Waals surface area contributed by atoms with E-state index in [9.17, 15) is 0 Å². The molecular formula is C22H27N5. The smallest absolute Gasteiger partial charge is 0.249 e. The molecule has 0 saturated heterocycles. The molecule has 140 valence electrons. The second kappa shape index (κ2) is 8.62. The highest BCUT2D eigenvalue weighted by Gasteiger charge is 2.13. The fourth-order valence-electron chi connectivity index (χ4n) is 3.11. The van der Waals surface area contributed by atoms with E-state index in [4.69, 9.17) is 4.98 Å². The van der Waals surface area contributed by atoms with E-state index in [0.29, 0.717) is 11.9 Å². The van der Waals surface area contributed by atoms with Crippen molar-refractivity contribution >= 4 is 17.5 Å². The maximum absolute atomic E-state index is 4.72. The van der Waals surface area contributed by atoms with Gasteiger partial charge in [-0.15, -0.1) is 5.10 Å². The van der Waals surface area contributed by atoms with E-state index < -0.39 is 0 Å². The van der Waals surface area contributed by atoms with Crippen molar-refractivity contribution in [2.75, 3.05) is 16.8 Å². The molecule has 0 saturated carbocycles. The van der Waals surface area contributed by atoms with Gasteiger partial charge < -0.3 is 10.2 Å². The standard InChI is InChI=1S/C22H27N5/c1-5-27(15-18-11-7-6-8-12-18)20-14-23-26-22(24-20)25-21-17(4)10-9-13-19(21)16(2)3/h6-14,16H,5,15H2,1-4H3,(H,24,25,26). The Labute approximate surface area is 161 Å². The predicted molar refractivity (Wildman–Crippen MR) is 112 cm³/mol. The summed E-state index contributed by atoms with van der Waals surface area (Å²) in [6, 6.07) is 16.7. The number of para-hydroxylation sites is 1. The highest BCUT2D eigenvalue weighted by Crippen LogP contribution is 2.29. The van der Waals surface area contributed by atoms with Crippen LogP contribution in [0.5, 0.6) is 0 Å². The zero-order valence-corrected chi connectivity index (χ0v) is 16.5. The predicted octanol–water partition coefficient (Wildman–Crippen LogP) is 5.07. The summed E-state index contributed by atoms with van der Waals surface area (Å²) in [6.45, 7) is 10.2. The monoisotopic (exact) mass is 361 g/mol. The van der Waals surface area contributed by atoms with Gasteiger partial charge in [0.2, 0.25) is 5.95 Å². The molecule has 0 unspecified atom stereocenters. The molecule has 3 rings (SSSR count). The van der Waals surface area contributed by atoms with Crippen molar-refractivity contribution in [2.45, 2.75) is 40.2 Å². The lowest BCUT2D eigenvalue weighted by Gasteiger charge is -2.22. The molecule has 5 nitrogen and oxygen atoms in total. The quantitative estimate of drug-likeness (QED) is 0.636. The molecule has 0 fully saturated rings. The van der Waals surface area contributed by atoms with Crippen LogP contribution < -0.4 is 10.2 Å². The van der Waals surface area contributed by atoms with Crippen LogP contribution in [0.2, 0.25) is 0 Å². The van der Waals surface area contributed by atoms with Gasteiger partial charge in [-0.1, -0.05) is 62.4 Å². The summed E-state index contributed by atoms with van der Waals surface area (Å²) in [4.78, 5) is 6.91. The Morgan fingerprint density at radius 2 is 1.81 bits per heavy atom. The van der Waals surface area contributed by atoms with Crippen LogP contribution >= 0.6 is 0 Å². The topological polar surface area (TPSA) is 53.9 Å². The fourth-order valence-corrected chi connectivity index (χ4v) is 3.11. The lowest BCUT2D eigenvalue weighted by molar-refractivity contribution is 0.798. The first-order valence-electron chi connectivity index (χ1n) is 9.43. The largest absolute Gasteiger partial charge is 0.351 e. The van der Waals surface area contributed by atoms with Gasteiger partial charge in [0.15, 0.2) is 5.82 Å². The van der Waals surface area contributed by atoms with Crippen LogP contribution in [0.1, 0.15) is 43.4 Å². The molecule has 0 amide bonds. The van der Waals surface area contributed by atoms with Crippen LogP contribution in [-0.4, -0.2) is 21.7 Å². The van der Waals surface area contributed by atoms with Gasteiger partial charge in [0.25, 0.3) is 0 Å². The highest BCUT2D eigenvalue weighted by molar-refractivity contribution is 5.64. The van der Waals surface area contributed by atoms with Crippen LogP contribution in [0, 0.1) is 6.92 Å². The molecule has 0 radical (unpaired) electrons. The van der Waals surface area contributed by atoms with Gasteiger partial charge in [0, 0.05) is 18.8 Å². The van der Waals surface area contributed by atoms with Crippen molar-refractivity contribution in [1.82, 2.24) is 15.2 Å². The summed E-state index contributed by atoms with van der Waals surface area (Å²) >= 11 is 0. The van der Waals surface area contributed by atoms with Crippen molar-refractivity contribution in [2.24, 2.45) is 0 Å². The van der Waals surface area contributed by atoms with Gasteiger partial charge in [-0.2, -0.15) is 10.1 Å². The Hall–Kier alpha value is -2.95. The SMILES string of the molecule is CCN(Cc1ccccc1)c1cnnc(Nc2c(C)cccc2C(C)C)n1. The van der Waals surface area contributed by atoms with E-state index in [-0.39, 0.29) is 0 Å². The average molecular weight is 361 g/mol. The van der Waals surface area contributed by atoms with Crippen molar-refractivity contribution in [3.63, 3.8) is 0 Å². The minimum absolute atomic E-state index is 0.411. The van der Waals surface area contributed by atoms with Crippen molar-refractivity contribution in [3.8, 4) is 0 Å². The fraction of sp³-hybridized carbons (Fsp3) is 0.318. The molecule has 0 aliphatic heterocycles. The first-order chi connectivity index (χ1) is 13.1. The van der Waals surface area contributed by atoms with Gasteiger partial charge in [-0.3, -0.25) is 0 Å². The number of rotatable bonds is 7. The van der Waals surface area contributed by atoms with Crippen LogP contribution in [0.25, 0.3) is 0 Å². The van der Waals surface area contributed by atoms with Gasteiger partial charge >= 0.3 is 0 Å². The van der Waals surface area contributed by atoms with E-state index in [1.165, 1.54) is 16.7 Å². The van der Waals surface area contributed by atoms with E-state index in [2.05, 4.69) is 90.6 Å². The van der Waals surface area contributed by atoms with Crippen LogP contribution in [0.4, 0.5) is 17.5 Å². The normalized spacial score (nSPS) is 10.9. The van der Waals surface area contributed by atoms with Crippen molar-refractivity contribution < 1.29 is 0 Å². The first-order valence-corrected chi connectivity index (χ1v) is 9.43. The molecule has 0 aliphatic rings. The molecule has 1 heterocycles. The summed E-state index contributed by atoms with van der Waals surface area (Å²) in [5.74, 6) is 1.75. The minimum Gasteiger partial charge on any atom is -0.351 e. The van der Waals surface area contributed by atoms with Crippen molar-refractivity contribution in [1.29, 1.82) is 0 Å². The second-order valence-electron chi connectivity index (χ2n) is 6.96. The summed E-state index contributed by atoms with van der Waals surface area (Å²) in [5.41, 5.74) is 4.73. The third-order valence-corrected chi connectivity index (χ3v) is 4.63. The maximum Gasteiger partial charge on any atom is 0.249 e. The van der Waals surface area contributed by atoms with Crippen LogP contribution in [0.15, 0.2) is 54.7 Å². The molecule has 1 aromatic heterocycles. The van der Waals surface area contributed by atoms with E-state index in [1.807, 2.05) is 6.07 Å². The zero-order valence-electron chi connectivity index (χ0n) is 16.5. The molecule has 27 heavy (non-hydrogen) atoms. The van der Waals surface area contributed by atoms with Crippen LogP contribution in [0.3, 0.4) is 0 Å². The maximum atomic E-state index is 4.72. The zero-order chi connectivity index (χ0) is 19.2. The average Bonchev–Trinajstić information content (AvgIpc) is 2.68. The lowest BCUT2D eigenvalue weighted by atomic mass is 9.98. The highest BCUT2D eigenvalue weighted by atomic mass is 15.3. The molecule has 1 N–H and O–H groups in total. The number of hydrogen-bond acceptors (Lipinski definition) is 5. The van der Waals surface area contributed by atoms with Gasteiger partial charge in [0.1, 0.15) is 0 Å². The van der Waals surface area contributed by atoms with E-state index >= 15 is 0 Å². The molecule has 2 aromatic carbocycles. The molecular weight excluding hydrogens is 334 g/mol.